The Morgan fingerprint density at radius 2 is 1.60 bits per heavy atom. The van der Waals surface area contributed by atoms with Gasteiger partial charge in [-0.3, -0.25) is 4.21 Å². The van der Waals surface area contributed by atoms with E-state index in [1.54, 1.807) is 0 Å². The van der Waals surface area contributed by atoms with Crippen molar-refractivity contribution in [1.29, 1.82) is 0 Å². The van der Waals surface area contributed by atoms with Crippen LogP contribution in [0.4, 0.5) is 0 Å². The zero-order chi connectivity index (χ0) is 7.61. The summed E-state index contributed by atoms with van der Waals surface area (Å²) in [5.74, 6) is 0. The number of rotatable bonds is 1. The van der Waals surface area contributed by atoms with Gasteiger partial charge in [-0.05, 0) is 25.4 Å². The minimum Gasteiger partial charge on any atom is -0.285 e. The molecule has 0 atom stereocenters. The molecule has 0 N–H and O–H groups in total. The molecule has 1 nitrogen and oxygen atoms in total. The third-order valence-corrected chi connectivity index (χ3v) is 4.73. The Kier molecular flexibility index (Phi) is 2.50. The molecular weight excluding hydrogens is 144 g/mol. The van der Waals surface area contributed by atoms with Gasteiger partial charge >= 0.3 is 0 Å². The van der Waals surface area contributed by atoms with Crippen LogP contribution < -0.4 is 0 Å². The maximum atomic E-state index is 11.6. The Hall–Kier alpha value is 0.150. The van der Waals surface area contributed by atoms with Gasteiger partial charge in [0.2, 0.25) is 0 Å². The van der Waals surface area contributed by atoms with Crippen molar-refractivity contribution >= 4 is 9.93 Å². The van der Waals surface area contributed by atoms with E-state index in [-0.39, 0.29) is 0 Å². The average Bonchev–Trinajstić information content (AvgIpc) is 1.88. The lowest BCUT2D eigenvalue weighted by Crippen LogP contribution is -2.27. The van der Waals surface area contributed by atoms with E-state index in [1.165, 1.54) is 32.1 Å². The maximum absolute atomic E-state index is 11.6. The lowest BCUT2D eigenvalue weighted by Gasteiger charge is -2.28. The summed E-state index contributed by atoms with van der Waals surface area (Å²) < 4.78 is 11.6. The van der Waals surface area contributed by atoms with Crippen LogP contribution in [-0.4, -0.2) is 22.0 Å². The first kappa shape index (κ1) is 8.25. The van der Waals surface area contributed by atoms with Gasteiger partial charge in [0.05, 0.1) is 0 Å². The SMILES string of the molecule is C[SH](C)(=O)C1CCCCC1. The highest BCUT2D eigenvalue weighted by molar-refractivity contribution is 8.02. The van der Waals surface area contributed by atoms with Crippen LogP contribution in [0.3, 0.4) is 0 Å². The fraction of sp³-hybridized carbons (Fsp3) is 1.00. The van der Waals surface area contributed by atoms with Crippen molar-refractivity contribution in [2.45, 2.75) is 37.4 Å². The minimum atomic E-state index is -1.74. The van der Waals surface area contributed by atoms with Crippen LogP contribution in [0.25, 0.3) is 0 Å². The lowest BCUT2D eigenvalue weighted by molar-refractivity contribution is 0.502. The molecule has 0 bridgehead atoms. The first-order chi connectivity index (χ1) is 4.61. The first-order valence-electron chi connectivity index (χ1n) is 4.15. The van der Waals surface area contributed by atoms with E-state index >= 15 is 0 Å². The summed E-state index contributed by atoms with van der Waals surface area (Å²) >= 11 is 0. The molecule has 0 aromatic carbocycles. The summed E-state index contributed by atoms with van der Waals surface area (Å²) in [5.41, 5.74) is 0. The summed E-state index contributed by atoms with van der Waals surface area (Å²) in [6.07, 6.45) is 10.3. The Labute approximate surface area is 64.6 Å². The molecule has 0 saturated heterocycles. The van der Waals surface area contributed by atoms with Gasteiger partial charge in [-0.15, -0.1) is 9.93 Å². The third kappa shape index (κ3) is 2.08. The van der Waals surface area contributed by atoms with Crippen molar-refractivity contribution < 1.29 is 4.21 Å². The lowest BCUT2D eigenvalue weighted by atomic mass is 10.0. The summed E-state index contributed by atoms with van der Waals surface area (Å²) in [7, 11) is -1.74. The van der Waals surface area contributed by atoms with Gasteiger partial charge in [-0.25, -0.2) is 0 Å². The van der Waals surface area contributed by atoms with Crippen molar-refractivity contribution in [2.24, 2.45) is 0 Å². The van der Waals surface area contributed by atoms with Crippen LogP contribution in [0.15, 0.2) is 0 Å². The van der Waals surface area contributed by atoms with Crippen LogP contribution in [0.1, 0.15) is 32.1 Å². The van der Waals surface area contributed by atoms with E-state index in [1.807, 2.05) is 12.5 Å². The molecule has 0 radical (unpaired) electrons. The highest BCUT2D eigenvalue weighted by Gasteiger charge is 2.20. The molecule has 0 spiro atoms. The van der Waals surface area contributed by atoms with Crippen LogP contribution in [0.5, 0.6) is 0 Å². The Balaban J connectivity index is 2.47. The highest BCUT2D eigenvalue weighted by atomic mass is 32.2. The summed E-state index contributed by atoms with van der Waals surface area (Å²) in [5, 5.41) is 0.557. The predicted molar refractivity (Wildman–Crippen MR) is 48.3 cm³/mol. The normalized spacial score (nSPS) is 24.6. The summed E-state index contributed by atoms with van der Waals surface area (Å²) in [6, 6.07) is 0. The molecule has 0 amide bonds. The summed E-state index contributed by atoms with van der Waals surface area (Å²) in [4.78, 5) is 0. The molecule has 0 unspecified atom stereocenters. The first-order valence-corrected chi connectivity index (χ1v) is 6.82. The molecule has 0 aliphatic heterocycles. The number of hydrogen-bond donors (Lipinski definition) is 1. The fourth-order valence-electron chi connectivity index (χ4n) is 1.70. The standard InChI is InChI=1S/C8H18OS/c1-10(2,9)8-6-4-3-5-7-8/h8,10H,3-7H2,1-2H3. The Morgan fingerprint density at radius 3 is 1.90 bits per heavy atom. The van der Waals surface area contributed by atoms with Crippen LogP contribution in [0.2, 0.25) is 0 Å². The smallest absolute Gasteiger partial charge is 0.0122 e. The molecular formula is C8H18OS. The Morgan fingerprint density at radius 1 is 1.10 bits per heavy atom. The molecule has 0 aromatic heterocycles. The van der Waals surface area contributed by atoms with Crippen molar-refractivity contribution in [1.82, 2.24) is 0 Å². The molecule has 1 saturated carbocycles. The van der Waals surface area contributed by atoms with E-state index in [2.05, 4.69) is 0 Å². The van der Waals surface area contributed by atoms with Gasteiger partial charge in [0.25, 0.3) is 0 Å². The topological polar surface area (TPSA) is 17.1 Å². The van der Waals surface area contributed by atoms with Crippen molar-refractivity contribution in [2.75, 3.05) is 12.5 Å². The fourth-order valence-corrected chi connectivity index (χ4v) is 3.31. The van der Waals surface area contributed by atoms with Gasteiger partial charge in [0, 0.05) is 5.25 Å². The van der Waals surface area contributed by atoms with Gasteiger partial charge < -0.3 is 0 Å². The van der Waals surface area contributed by atoms with Gasteiger partial charge in [-0.1, -0.05) is 19.3 Å². The molecule has 1 aliphatic rings. The molecule has 1 rings (SSSR count). The second kappa shape index (κ2) is 3.04. The van der Waals surface area contributed by atoms with Crippen LogP contribution in [0, 0.1) is 0 Å². The van der Waals surface area contributed by atoms with E-state index in [4.69, 9.17) is 0 Å². The molecule has 1 aliphatic carbocycles. The van der Waals surface area contributed by atoms with E-state index < -0.39 is 9.93 Å². The monoisotopic (exact) mass is 162 g/mol. The minimum absolute atomic E-state index is 0.557. The molecule has 0 aromatic rings. The van der Waals surface area contributed by atoms with Crippen molar-refractivity contribution in [3.8, 4) is 0 Å². The van der Waals surface area contributed by atoms with Crippen molar-refractivity contribution in [3.05, 3.63) is 0 Å². The predicted octanol–water partition coefficient (Wildman–Crippen LogP) is 1.60. The van der Waals surface area contributed by atoms with E-state index in [0.29, 0.717) is 5.25 Å². The molecule has 1 fully saturated rings. The zero-order valence-corrected chi connectivity index (χ0v) is 7.86. The number of thiol groups is 1. The van der Waals surface area contributed by atoms with Crippen LogP contribution in [-0.2, 0) is 9.93 Å². The zero-order valence-electron chi connectivity index (χ0n) is 6.97. The second-order valence-corrected chi connectivity index (χ2v) is 7.32. The summed E-state index contributed by atoms with van der Waals surface area (Å²) in [6.45, 7) is 0. The van der Waals surface area contributed by atoms with Gasteiger partial charge in [0.1, 0.15) is 0 Å². The maximum Gasteiger partial charge on any atom is 0.0122 e. The second-order valence-electron chi connectivity index (χ2n) is 3.73. The quantitative estimate of drug-likeness (QED) is 0.579. The Bertz CT molecular complexity index is 141. The molecule has 10 heavy (non-hydrogen) atoms. The number of hydrogen-bond acceptors (Lipinski definition) is 1. The largest absolute Gasteiger partial charge is 0.285 e. The average molecular weight is 162 g/mol. The van der Waals surface area contributed by atoms with Crippen LogP contribution >= 0.6 is 0 Å². The highest BCUT2D eigenvalue weighted by Crippen LogP contribution is 2.25. The molecule has 62 valence electrons. The van der Waals surface area contributed by atoms with E-state index in [9.17, 15) is 4.21 Å². The molecule has 0 heterocycles. The molecule has 2 heteroatoms. The van der Waals surface area contributed by atoms with Gasteiger partial charge in [0.15, 0.2) is 0 Å². The third-order valence-electron chi connectivity index (χ3n) is 2.45. The van der Waals surface area contributed by atoms with E-state index in [0.717, 1.165) is 0 Å². The van der Waals surface area contributed by atoms with Gasteiger partial charge in [-0.2, -0.15) is 0 Å². The van der Waals surface area contributed by atoms with Crippen molar-refractivity contribution in [3.63, 3.8) is 0 Å².